The monoisotopic (exact) mass is 311 g/mol. The van der Waals surface area contributed by atoms with Crippen LogP contribution in [-0.2, 0) is 0 Å². The molecule has 2 nitrogen and oxygen atoms in total. The first kappa shape index (κ1) is 13.9. The lowest BCUT2D eigenvalue weighted by molar-refractivity contribution is 0.292. The van der Waals surface area contributed by atoms with E-state index in [1.54, 1.807) is 0 Å². The van der Waals surface area contributed by atoms with E-state index in [1.165, 1.54) is 32.1 Å². The van der Waals surface area contributed by atoms with Gasteiger partial charge in [0.1, 0.15) is 5.75 Å². The van der Waals surface area contributed by atoms with Crippen molar-refractivity contribution in [2.45, 2.75) is 45.1 Å². The molecule has 100 valence electrons. The minimum Gasteiger partial charge on any atom is -0.494 e. The van der Waals surface area contributed by atoms with E-state index in [9.17, 15) is 0 Å². The van der Waals surface area contributed by atoms with Crippen molar-refractivity contribution in [2.75, 3.05) is 6.61 Å². The molecule has 1 fully saturated rings. The van der Waals surface area contributed by atoms with Crippen molar-refractivity contribution in [3.63, 3.8) is 0 Å². The van der Waals surface area contributed by atoms with Crippen molar-refractivity contribution in [3.8, 4) is 5.75 Å². The summed E-state index contributed by atoms with van der Waals surface area (Å²) in [6.07, 6.45) is 6.49. The van der Waals surface area contributed by atoms with E-state index in [-0.39, 0.29) is 6.04 Å². The second-order valence-electron chi connectivity index (χ2n) is 5.04. The van der Waals surface area contributed by atoms with E-state index in [0.717, 1.165) is 15.8 Å². The summed E-state index contributed by atoms with van der Waals surface area (Å²) in [5.74, 6) is 1.55. The van der Waals surface area contributed by atoms with E-state index < -0.39 is 0 Å². The van der Waals surface area contributed by atoms with Crippen molar-refractivity contribution in [3.05, 3.63) is 28.2 Å². The first-order valence-corrected chi connectivity index (χ1v) is 7.69. The third-order valence-corrected chi connectivity index (χ3v) is 4.28. The molecule has 1 unspecified atom stereocenters. The molecular formula is C15H22BrNO. The van der Waals surface area contributed by atoms with E-state index in [2.05, 4.69) is 22.0 Å². The number of halogens is 1. The summed E-state index contributed by atoms with van der Waals surface area (Å²) in [5.41, 5.74) is 7.62. The Balaban J connectivity index is 2.21. The van der Waals surface area contributed by atoms with Gasteiger partial charge >= 0.3 is 0 Å². The number of hydrogen-bond acceptors (Lipinski definition) is 2. The molecule has 0 amide bonds. The molecule has 0 saturated heterocycles. The maximum Gasteiger partial charge on any atom is 0.124 e. The molecule has 0 aliphatic heterocycles. The van der Waals surface area contributed by atoms with Gasteiger partial charge in [0.2, 0.25) is 0 Å². The number of benzene rings is 1. The average Bonchev–Trinajstić information content (AvgIpc) is 2.41. The number of nitrogens with two attached hydrogens (primary N) is 1. The second kappa shape index (κ2) is 6.58. The van der Waals surface area contributed by atoms with Crippen LogP contribution in [0, 0.1) is 5.92 Å². The fourth-order valence-electron chi connectivity index (χ4n) is 2.81. The van der Waals surface area contributed by atoms with E-state index in [1.807, 2.05) is 19.1 Å². The van der Waals surface area contributed by atoms with Crippen LogP contribution >= 0.6 is 15.9 Å². The first-order valence-electron chi connectivity index (χ1n) is 6.90. The summed E-state index contributed by atoms with van der Waals surface area (Å²) < 4.78 is 6.78. The fourth-order valence-corrected chi connectivity index (χ4v) is 3.19. The van der Waals surface area contributed by atoms with Gasteiger partial charge in [0.05, 0.1) is 6.61 Å². The third-order valence-electron chi connectivity index (χ3n) is 3.79. The van der Waals surface area contributed by atoms with Gasteiger partial charge < -0.3 is 10.5 Å². The Hall–Kier alpha value is -0.540. The molecule has 1 aliphatic carbocycles. The lowest BCUT2D eigenvalue weighted by Crippen LogP contribution is -2.24. The van der Waals surface area contributed by atoms with Gasteiger partial charge in [-0.2, -0.15) is 0 Å². The number of rotatable bonds is 4. The Morgan fingerprint density at radius 2 is 2.06 bits per heavy atom. The minimum absolute atomic E-state index is 0.101. The van der Waals surface area contributed by atoms with Crippen molar-refractivity contribution in [1.82, 2.24) is 0 Å². The number of ether oxygens (including phenoxy) is 1. The molecule has 1 aromatic carbocycles. The van der Waals surface area contributed by atoms with Crippen LogP contribution in [0.3, 0.4) is 0 Å². The predicted octanol–water partition coefficient (Wildman–Crippen LogP) is 4.43. The molecule has 18 heavy (non-hydrogen) atoms. The van der Waals surface area contributed by atoms with Crippen LogP contribution in [0.2, 0.25) is 0 Å². The Labute approximate surface area is 118 Å². The van der Waals surface area contributed by atoms with Gasteiger partial charge in [-0.25, -0.2) is 0 Å². The quantitative estimate of drug-likeness (QED) is 0.893. The summed E-state index contributed by atoms with van der Waals surface area (Å²) >= 11 is 3.53. The van der Waals surface area contributed by atoms with Gasteiger partial charge in [-0.3, -0.25) is 0 Å². The number of hydrogen-bond donors (Lipinski definition) is 1. The highest BCUT2D eigenvalue weighted by Crippen LogP contribution is 2.37. The maximum atomic E-state index is 6.47. The van der Waals surface area contributed by atoms with Crippen LogP contribution in [0.25, 0.3) is 0 Å². The maximum absolute atomic E-state index is 6.47. The average molecular weight is 312 g/mol. The Morgan fingerprint density at radius 3 is 2.72 bits per heavy atom. The SMILES string of the molecule is CCOc1ccc(Br)cc1C(N)C1CCCCC1. The molecule has 0 spiro atoms. The van der Waals surface area contributed by atoms with Crippen molar-refractivity contribution in [1.29, 1.82) is 0 Å². The van der Waals surface area contributed by atoms with Crippen LogP contribution in [0.1, 0.15) is 50.6 Å². The zero-order valence-electron chi connectivity index (χ0n) is 11.0. The zero-order chi connectivity index (χ0) is 13.0. The fraction of sp³-hybridized carbons (Fsp3) is 0.600. The smallest absolute Gasteiger partial charge is 0.124 e. The molecule has 0 aromatic heterocycles. The molecule has 0 radical (unpaired) electrons. The van der Waals surface area contributed by atoms with Crippen molar-refractivity contribution < 1.29 is 4.74 Å². The topological polar surface area (TPSA) is 35.2 Å². The standard InChI is InChI=1S/C15H22BrNO/c1-2-18-14-9-8-12(16)10-13(14)15(17)11-6-4-3-5-7-11/h8-11,15H,2-7,17H2,1H3. The molecule has 0 bridgehead atoms. The van der Waals surface area contributed by atoms with Crippen LogP contribution in [-0.4, -0.2) is 6.61 Å². The molecule has 1 atom stereocenters. The van der Waals surface area contributed by atoms with Gasteiger partial charge in [0.15, 0.2) is 0 Å². The molecular weight excluding hydrogens is 290 g/mol. The molecule has 1 aliphatic rings. The third kappa shape index (κ3) is 3.27. The zero-order valence-corrected chi connectivity index (χ0v) is 12.6. The van der Waals surface area contributed by atoms with Gasteiger partial charge in [-0.05, 0) is 43.9 Å². The molecule has 0 heterocycles. The summed E-state index contributed by atoms with van der Waals surface area (Å²) in [6, 6.07) is 6.25. The predicted molar refractivity (Wildman–Crippen MR) is 78.8 cm³/mol. The van der Waals surface area contributed by atoms with Crippen LogP contribution in [0.15, 0.2) is 22.7 Å². The molecule has 3 heteroatoms. The lowest BCUT2D eigenvalue weighted by atomic mass is 9.81. The van der Waals surface area contributed by atoms with Crippen LogP contribution in [0.4, 0.5) is 0 Å². The summed E-state index contributed by atoms with van der Waals surface area (Å²) in [7, 11) is 0. The Bertz CT molecular complexity index is 388. The molecule has 2 N–H and O–H groups in total. The normalized spacial score (nSPS) is 18.6. The first-order chi connectivity index (χ1) is 8.72. The lowest BCUT2D eigenvalue weighted by Gasteiger charge is -2.29. The molecule has 1 aromatic rings. The van der Waals surface area contributed by atoms with Gasteiger partial charge in [-0.1, -0.05) is 35.2 Å². The van der Waals surface area contributed by atoms with E-state index in [4.69, 9.17) is 10.5 Å². The Kier molecular flexibility index (Phi) is 5.07. The van der Waals surface area contributed by atoms with Gasteiger partial charge in [-0.15, -0.1) is 0 Å². The van der Waals surface area contributed by atoms with Gasteiger partial charge in [0.25, 0.3) is 0 Å². The highest BCUT2D eigenvalue weighted by molar-refractivity contribution is 9.10. The molecule has 2 rings (SSSR count). The minimum atomic E-state index is 0.101. The Morgan fingerprint density at radius 1 is 1.33 bits per heavy atom. The second-order valence-corrected chi connectivity index (χ2v) is 5.95. The van der Waals surface area contributed by atoms with E-state index >= 15 is 0 Å². The van der Waals surface area contributed by atoms with Gasteiger partial charge in [0, 0.05) is 16.1 Å². The van der Waals surface area contributed by atoms with E-state index in [0.29, 0.717) is 12.5 Å². The van der Waals surface area contributed by atoms with Crippen molar-refractivity contribution >= 4 is 15.9 Å². The largest absolute Gasteiger partial charge is 0.494 e. The summed E-state index contributed by atoms with van der Waals surface area (Å²) in [4.78, 5) is 0. The summed E-state index contributed by atoms with van der Waals surface area (Å²) in [6.45, 7) is 2.70. The van der Waals surface area contributed by atoms with Crippen LogP contribution in [0.5, 0.6) is 5.75 Å². The highest BCUT2D eigenvalue weighted by Gasteiger charge is 2.24. The summed E-state index contributed by atoms with van der Waals surface area (Å²) in [5, 5.41) is 0. The highest BCUT2D eigenvalue weighted by atomic mass is 79.9. The molecule has 1 saturated carbocycles. The van der Waals surface area contributed by atoms with Crippen LogP contribution < -0.4 is 10.5 Å². The van der Waals surface area contributed by atoms with Crippen molar-refractivity contribution in [2.24, 2.45) is 11.7 Å².